The highest BCUT2D eigenvalue weighted by molar-refractivity contribution is 5.80. The second-order valence-electron chi connectivity index (χ2n) is 9.89. The molecule has 2 aromatic heterocycles. The van der Waals surface area contributed by atoms with Gasteiger partial charge in [-0.1, -0.05) is 39.0 Å². The largest absolute Gasteiger partial charge is 0.497 e. The molecule has 1 aromatic carbocycles. The average Bonchev–Trinajstić information content (AvgIpc) is 3.57. The van der Waals surface area contributed by atoms with Gasteiger partial charge in [0.25, 0.3) is 5.56 Å². The lowest BCUT2D eigenvalue weighted by molar-refractivity contribution is 0.109. The Labute approximate surface area is 200 Å². The first-order valence-corrected chi connectivity index (χ1v) is 12.9. The Morgan fingerprint density at radius 2 is 1.88 bits per heavy atom. The number of nitrogens with zero attached hydrogens (tertiary/aromatic N) is 5. The van der Waals surface area contributed by atoms with E-state index in [1.54, 1.807) is 7.11 Å². The third kappa shape index (κ3) is 4.60. The smallest absolute Gasteiger partial charge is 0.252 e. The van der Waals surface area contributed by atoms with E-state index in [9.17, 15) is 4.79 Å². The topological polar surface area (TPSA) is 88.9 Å². The van der Waals surface area contributed by atoms with Gasteiger partial charge in [0.1, 0.15) is 5.75 Å². The number of nitrogens with one attached hydrogen (secondary N) is 1. The molecule has 0 amide bonds. The van der Waals surface area contributed by atoms with E-state index < -0.39 is 0 Å². The number of tetrazole rings is 1. The summed E-state index contributed by atoms with van der Waals surface area (Å²) >= 11 is 0. The van der Waals surface area contributed by atoms with Crippen LogP contribution >= 0.6 is 0 Å². The Morgan fingerprint density at radius 3 is 2.62 bits per heavy atom. The maximum Gasteiger partial charge on any atom is 0.252 e. The van der Waals surface area contributed by atoms with Gasteiger partial charge in [-0.2, -0.15) is 0 Å². The maximum atomic E-state index is 13.1. The first kappa shape index (κ1) is 23.0. The highest BCUT2D eigenvalue weighted by atomic mass is 16.5. The lowest BCUT2D eigenvalue weighted by Gasteiger charge is -2.36. The number of H-pyrrole nitrogens is 1. The molecule has 0 bridgehead atoms. The number of fused-ring (bicyclic) bond motifs is 1. The van der Waals surface area contributed by atoms with Crippen LogP contribution in [0.1, 0.15) is 94.6 Å². The first-order chi connectivity index (χ1) is 16.7. The summed E-state index contributed by atoms with van der Waals surface area (Å²) in [7, 11) is 1.64. The number of methoxy groups -OCH3 is 1. The van der Waals surface area contributed by atoms with Crippen LogP contribution in [0.5, 0.6) is 5.75 Å². The lowest BCUT2D eigenvalue weighted by Crippen LogP contribution is -2.39. The predicted molar refractivity (Wildman–Crippen MR) is 132 cm³/mol. The van der Waals surface area contributed by atoms with Crippen LogP contribution < -0.4 is 10.3 Å². The number of rotatable bonds is 8. The molecule has 3 aromatic rings. The number of aromatic nitrogens is 5. The summed E-state index contributed by atoms with van der Waals surface area (Å²) in [6.45, 7) is 2.81. The van der Waals surface area contributed by atoms with E-state index in [1.807, 2.05) is 24.3 Å². The van der Waals surface area contributed by atoms with Gasteiger partial charge in [-0.25, -0.2) is 4.68 Å². The molecule has 2 heterocycles. The number of pyridine rings is 1. The van der Waals surface area contributed by atoms with Crippen molar-refractivity contribution in [3.63, 3.8) is 0 Å². The van der Waals surface area contributed by atoms with Crippen LogP contribution in [0.2, 0.25) is 0 Å². The normalized spacial score (nSPS) is 18.7. The molecule has 2 saturated carbocycles. The van der Waals surface area contributed by atoms with Crippen molar-refractivity contribution in [2.45, 2.75) is 95.8 Å². The van der Waals surface area contributed by atoms with Crippen LogP contribution in [0.4, 0.5) is 0 Å². The number of hydrogen-bond acceptors (Lipinski definition) is 6. The summed E-state index contributed by atoms with van der Waals surface area (Å²) < 4.78 is 7.42. The van der Waals surface area contributed by atoms with E-state index in [-0.39, 0.29) is 11.6 Å². The van der Waals surface area contributed by atoms with Gasteiger partial charge in [-0.05, 0) is 66.1 Å². The van der Waals surface area contributed by atoms with Gasteiger partial charge in [-0.15, -0.1) is 5.10 Å². The molecule has 5 rings (SSSR count). The molecule has 2 aliphatic rings. The molecule has 0 radical (unpaired) electrons. The van der Waals surface area contributed by atoms with Gasteiger partial charge >= 0.3 is 0 Å². The van der Waals surface area contributed by atoms with Crippen LogP contribution in [0.25, 0.3) is 10.9 Å². The summed E-state index contributed by atoms with van der Waals surface area (Å²) in [4.78, 5) is 18.7. The molecule has 2 fully saturated rings. The molecule has 8 heteroatoms. The van der Waals surface area contributed by atoms with E-state index in [0.29, 0.717) is 18.6 Å². The standard InChI is InChI=1S/C26H36N6O2/c1-3-24(25-28-29-30-32(25)21-11-5-4-6-12-21)31(20-9-7-8-10-20)17-19-15-18-13-14-22(34-2)16-23(18)27-26(19)33/h13-16,20-21,24H,3-12,17H2,1-2H3,(H,27,33)/t24-/m0/s1. The van der Waals surface area contributed by atoms with Crippen molar-refractivity contribution in [3.8, 4) is 5.75 Å². The van der Waals surface area contributed by atoms with Crippen molar-refractivity contribution in [3.05, 3.63) is 46.0 Å². The van der Waals surface area contributed by atoms with Crippen LogP contribution in [-0.4, -0.2) is 43.2 Å². The van der Waals surface area contributed by atoms with E-state index in [2.05, 4.69) is 37.0 Å². The molecule has 0 aliphatic heterocycles. The van der Waals surface area contributed by atoms with Gasteiger partial charge in [0.05, 0.1) is 24.7 Å². The maximum absolute atomic E-state index is 13.1. The monoisotopic (exact) mass is 464 g/mol. The number of ether oxygens (including phenoxy) is 1. The minimum atomic E-state index is -0.0366. The Morgan fingerprint density at radius 1 is 1.12 bits per heavy atom. The van der Waals surface area contributed by atoms with Crippen LogP contribution in [-0.2, 0) is 6.54 Å². The van der Waals surface area contributed by atoms with Crippen molar-refractivity contribution in [2.24, 2.45) is 0 Å². The minimum absolute atomic E-state index is 0.0366. The van der Waals surface area contributed by atoms with Gasteiger partial charge in [0.2, 0.25) is 0 Å². The Balaban J connectivity index is 1.49. The number of hydrogen-bond donors (Lipinski definition) is 1. The molecular weight excluding hydrogens is 428 g/mol. The second kappa shape index (κ2) is 10.3. The quantitative estimate of drug-likeness (QED) is 0.509. The third-order valence-corrected chi connectivity index (χ3v) is 7.80. The molecule has 0 saturated heterocycles. The molecule has 8 nitrogen and oxygen atoms in total. The van der Waals surface area contributed by atoms with Crippen LogP contribution in [0, 0.1) is 0 Å². The van der Waals surface area contributed by atoms with E-state index in [1.165, 1.54) is 32.1 Å². The number of aromatic amines is 1. The van der Waals surface area contributed by atoms with Crippen molar-refractivity contribution in [1.29, 1.82) is 0 Å². The fourth-order valence-corrected chi connectivity index (χ4v) is 5.97. The lowest BCUT2D eigenvalue weighted by atomic mass is 9.95. The molecule has 1 atom stereocenters. The zero-order chi connectivity index (χ0) is 23.5. The summed E-state index contributed by atoms with van der Waals surface area (Å²) in [5.74, 6) is 1.70. The van der Waals surface area contributed by atoms with Gasteiger partial charge in [0, 0.05) is 24.2 Å². The molecule has 0 spiro atoms. The zero-order valence-corrected chi connectivity index (χ0v) is 20.4. The van der Waals surface area contributed by atoms with Gasteiger partial charge in [0.15, 0.2) is 5.82 Å². The molecule has 34 heavy (non-hydrogen) atoms. The summed E-state index contributed by atoms with van der Waals surface area (Å²) in [6.07, 6.45) is 11.8. The van der Waals surface area contributed by atoms with Crippen molar-refractivity contribution in [1.82, 2.24) is 30.1 Å². The summed E-state index contributed by atoms with van der Waals surface area (Å²) in [6, 6.07) is 8.77. The summed E-state index contributed by atoms with van der Waals surface area (Å²) in [5, 5.41) is 14.1. The third-order valence-electron chi connectivity index (χ3n) is 7.80. The van der Waals surface area contributed by atoms with E-state index in [4.69, 9.17) is 4.74 Å². The van der Waals surface area contributed by atoms with Crippen molar-refractivity contribution in [2.75, 3.05) is 7.11 Å². The van der Waals surface area contributed by atoms with Crippen LogP contribution in [0.15, 0.2) is 29.1 Å². The molecule has 2 aliphatic carbocycles. The fourth-order valence-electron chi connectivity index (χ4n) is 5.97. The van der Waals surface area contributed by atoms with Gasteiger partial charge in [-0.3, -0.25) is 9.69 Å². The predicted octanol–water partition coefficient (Wildman–Crippen LogP) is 4.92. The fraction of sp³-hybridized carbons (Fsp3) is 0.615. The van der Waals surface area contributed by atoms with E-state index in [0.717, 1.165) is 60.1 Å². The highest BCUT2D eigenvalue weighted by Gasteiger charge is 2.34. The zero-order valence-electron chi connectivity index (χ0n) is 20.4. The van der Waals surface area contributed by atoms with Crippen LogP contribution in [0.3, 0.4) is 0 Å². The molecule has 1 N–H and O–H groups in total. The summed E-state index contributed by atoms with van der Waals surface area (Å²) in [5.41, 5.74) is 1.55. The molecular formula is C26H36N6O2. The van der Waals surface area contributed by atoms with E-state index >= 15 is 0 Å². The SMILES string of the molecule is CC[C@@H](c1nnnn1C1CCCCC1)N(Cc1cc2ccc(OC)cc2[nH]c1=O)C1CCCC1. The minimum Gasteiger partial charge on any atom is -0.497 e. The average molecular weight is 465 g/mol. The molecule has 182 valence electrons. The first-order valence-electron chi connectivity index (χ1n) is 12.9. The highest BCUT2D eigenvalue weighted by Crippen LogP contribution is 2.36. The second-order valence-corrected chi connectivity index (χ2v) is 9.89. The molecule has 0 unspecified atom stereocenters. The Kier molecular flexibility index (Phi) is 6.94. The number of benzene rings is 1. The van der Waals surface area contributed by atoms with Crippen molar-refractivity contribution >= 4 is 10.9 Å². The Bertz CT molecular complexity index is 1160. The Hall–Kier alpha value is -2.74. The van der Waals surface area contributed by atoms with Gasteiger partial charge < -0.3 is 9.72 Å². The van der Waals surface area contributed by atoms with Crippen molar-refractivity contribution < 1.29 is 4.74 Å².